The number of amides is 2. The van der Waals surface area contributed by atoms with Crippen LogP contribution >= 0.6 is 11.6 Å². The van der Waals surface area contributed by atoms with Crippen LogP contribution in [0.1, 0.15) is 5.56 Å². The Balaban J connectivity index is 2.90. The molecule has 14 heavy (non-hydrogen) atoms. The van der Waals surface area contributed by atoms with E-state index in [9.17, 15) is 4.79 Å². The number of hydrogen-bond donors (Lipinski definition) is 2. The van der Waals surface area contributed by atoms with E-state index in [0.717, 1.165) is 0 Å². The molecule has 0 unspecified atom stereocenters. The third-order valence-electron chi connectivity index (χ3n) is 1.57. The predicted molar refractivity (Wildman–Crippen MR) is 54.2 cm³/mol. The van der Waals surface area contributed by atoms with Crippen molar-refractivity contribution in [1.29, 1.82) is 5.26 Å². The van der Waals surface area contributed by atoms with Gasteiger partial charge in [-0.3, -0.25) is 0 Å². The molecule has 4 nitrogen and oxygen atoms in total. The zero-order valence-corrected chi connectivity index (χ0v) is 8.22. The minimum Gasteiger partial charge on any atom is -0.341 e. The Morgan fingerprint density at radius 1 is 1.57 bits per heavy atom. The Morgan fingerprint density at radius 3 is 2.79 bits per heavy atom. The highest BCUT2D eigenvalue weighted by atomic mass is 35.5. The van der Waals surface area contributed by atoms with Crippen LogP contribution in [0.2, 0.25) is 5.02 Å². The lowest BCUT2D eigenvalue weighted by molar-refractivity contribution is 0.254. The molecule has 0 bridgehead atoms. The second kappa shape index (κ2) is 4.49. The van der Waals surface area contributed by atoms with Crippen LogP contribution in [0.15, 0.2) is 18.2 Å². The Bertz CT molecular complexity index is 398. The minimum atomic E-state index is -0.350. The van der Waals surface area contributed by atoms with Gasteiger partial charge < -0.3 is 10.6 Å². The van der Waals surface area contributed by atoms with Crippen molar-refractivity contribution >= 4 is 23.3 Å². The third kappa shape index (κ3) is 2.38. The summed E-state index contributed by atoms with van der Waals surface area (Å²) in [7, 11) is 1.51. The Morgan fingerprint density at radius 2 is 2.29 bits per heavy atom. The van der Waals surface area contributed by atoms with Gasteiger partial charge in [-0.25, -0.2) is 4.79 Å². The summed E-state index contributed by atoms with van der Waals surface area (Å²) in [6.45, 7) is 0. The fourth-order valence-corrected chi connectivity index (χ4v) is 1.10. The normalized spacial score (nSPS) is 8.93. The van der Waals surface area contributed by atoms with Gasteiger partial charge in [0.15, 0.2) is 0 Å². The van der Waals surface area contributed by atoms with E-state index in [1.165, 1.54) is 13.1 Å². The maximum absolute atomic E-state index is 10.9. The number of carbonyl (C=O) groups is 1. The molecule has 0 aliphatic heterocycles. The van der Waals surface area contributed by atoms with Gasteiger partial charge in [0.25, 0.3) is 0 Å². The molecule has 1 aromatic rings. The molecule has 0 fully saturated rings. The maximum atomic E-state index is 10.9. The topological polar surface area (TPSA) is 64.9 Å². The van der Waals surface area contributed by atoms with Gasteiger partial charge in [-0.2, -0.15) is 5.26 Å². The van der Waals surface area contributed by atoms with Gasteiger partial charge in [-0.15, -0.1) is 0 Å². The smallest absolute Gasteiger partial charge is 0.319 e. The van der Waals surface area contributed by atoms with E-state index >= 15 is 0 Å². The van der Waals surface area contributed by atoms with Crippen molar-refractivity contribution in [2.75, 3.05) is 12.4 Å². The number of urea groups is 1. The molecule has 1 rings (SSSR count). The van der Waals surface area contributed by atoms with E-state index in [4.69, 9.17) is 16.9 Å². The van der Waals surface area contributed by atoms with E-state index in [1.807, 2.05) is 6.07 Å². The highest BCUT2D eigenvalue weighted by Gasteiger charge is 2.04. The highest BCUT2D eigenvalue weighted by molar-refractivity contribution is 6.33. The molecule has 0 heterocycles. The SMILES string of the molecule is CNC(=O)Nc1ccc(C#N)cc1Cl. The Hall–Kier alpha value is -1.73. The number of halogens is 1. The van der Waals surface area contributed by atoms with E-state index < -0.39 is 0 Å². The molecule has 0 spiro atoms. The van der Waals surface area contributed by atoms with E-state index in [2.05, 4.69) is 10.6 Å². The van der Waals surface area contributed by atoms with E-state index in [0.29, 0.717) is 16.3 Å². The fourth-order valence-electron chi connectivity index (χ4n) is 0.871. The van der Waals surface area contributed by atoms with Crippen LogP contribution in [0.5, 0.6) is 0 Å². The number of benzene rings is 1. The quantitative estimate of drug-likeness (QED) is 0.743. The average molecular weight is 210 g/mol. The van der Waals surface area contributed by atoms with Gasteiger partial charge in [0, 0.05) is 7.05 Å². The van der Waals surface area contributed by atoms with Crippen molar-refractivity contribution < 1.29 is 4.79 Å². The van der Waals surface area contributed by atoms with Crippen molar-refractivity contribution in [3.8, 4) is 6.07 Å². The monoisotopic (exact) mass is 209 g/mol. The largest absolute Gasteiger partial charge is 0.341 e. The summed E-state index contributed by atoms with van der Waals surface area (Å²) in [6, 6.07) is 6.25. The Kier molecular flexibility index (Phi) is 3.32. The van der Waals surface area contributed by atoms with Crippen molar-refractivity contribution in [3.05, 3.63) is 28.8 Å². The number of rotatable bonds is 1. The zero-order chi connectivity index (χ0) is 10.6. The van der Waals surface area contributed by atoms with Crippen LogP contribution in [-0.4, -0.2) is 13.1 Å². The van der Waals surface area contributed by atoms with Crippen LogP contribution < -0.4 is 10.6 Å². The summed E-state index contributed by atoms with van der Waals surface area (Å²) in [5.74, 6) is 0. The summed E-state index contributed by atoms with van der Waals surface area (Å²) in [4.78, 5) is 10.9. The fraction of sp³-hybridized carbons (Fsp3) is 0.111. The molecule has 1 aromatic carbocycles. The molecule has 0 aromatic heterocycles. The number of carbonyl (C=O) groups excluding carboxylic acids is 1. The lowest BCUT2D eigenvalue weighted by Gasteiger charge is -2.05. The second-order valence-electron chi connectivity index (χ2n) is 2.51. The first-order chi connectivity index (χ1) is 6.67. The first kappa shape index (κ1) is 10.4. The predicted octanol–water partition coefficient (Wildman–Crippen LogP) is 1.96. The minimum absolute atomic E-state index is 0.340. The molecular weight excluding hydrogens is 202 g/mol. The van der Waals surface area contributed by atoms with Gasteiger partial charge in [0.05, 0.1) is 22.3 Å². The van der Waals surface area contributed by atoms with Crippen LogP contribution in [0.4, 0.5) is 10.5 Å². The van der Waals surface area contributed by atoms with Crippen LogP contribution in [0, 0.1) is 11.3 Å². The first-order valence-corrected chi connectivity index (χ1v) is 4.23. The summed E-state index contributed by atoms with van der Waals surface area (Å²) in [5.41, 5.74) is 0.933. The molecule has 0 radical (unpaired) electrons. The molecule has 0 aliphatic rings. The van der Waals surface area contributed by atoms with Crippen LogP contribution in [-0.2, 0) is 0 Å². The number of nitrogens with one attached hydrogen (secondary N) is 2. The number of nitriles is 1. The Labute approximate surface area is 86.5 Å². The molecular formula is C9H8ClN3O. The van der Waals surface area contributed by atoms with E-state index in [-0.39, 0.29) is 6.03 Å². The van der Waals surface area contributed by atoms with Gasteiger partial charge in [-0.1, -0.05) is 11.6 Å². The first-order valence-electron chi connectivity index (χ1n) is 3.85. The second-order valence-corrected chi connectivity index (χ2v) is 2.92. The van der Waals surface area contributed by atoms with Crippen molar-refractivity contribution in [2.24, 2.45) is 0 Å². The van der Waals surface area contributed by atoms with Gasteiger partial charge in [-0.05, 0) is 18.2 Å². The molecule has 2 amide bonds. The summed E-state index contributed by atoms with van der Waals surface area (Å²) < 4.78 is 0. The number of hydrogen-bond acceptors (Lipinski definition) is 2. The molecule has 0 atom stereocenters. The zero-order valence-electron chi connectivity index (χ0n) is 7.47. The summed E-state index contributed by atoms with van der Waals surface area (Å²) in [6.07, 6.45) is 0. The summed E-state index contributed by atoms with van der Waals surface area (Å²) in [5, 5.41) is 13.8. The molecule has 0 saturated carbocycles. The van der Waals surface area contributed by atoms with Crippen molar-refractivity contribution in [2.45, 2.75) is 0 Å². The molecule has 5 heteroatoms. The van der Waals surface area contributed by atoms with Crippen LogP contribution in [0.25, 0.3) is 0 Å². The van der Waals surface area contributed by atoms with Crippen LogP contribution in [0.3, 0.4) is 0 Å². The molecule has 2 N–H and O–H groups in total. The molecule has 0 aliphatic carbocycles. The molecule has 0 saturated heterocycles. The summed E-state index contributed by atoms with van der Waals surface area (Å²) >= 11 is 5.82. The number of anilines is 1. The van der Waals surface area contributed by atoms with Crippen molar-refractivity contribution in [1.82, 2.24) is 5.32 Å². The lowest BCUT2D eigenvalue weighted by Crippen LogP contribution is -2.24. The third-order valence-corrected chi connectivity index (χ3v) is 1.89. The highest BCUT2D eigenvalue weighted by Crippen LogP contribution is 2.22. The molecule has 72 valence electrons. The lowest BCUT2D eigenvalue weighted by atomic mass is 10.2. The van der Waals surface area contributed by atoms with Crippen molar-refractivity contribution in [3.63, 3.8) is 0 Å². The maximum Gasteiger partial charge on any atom is 0.319 e. The average Bonchev–Trinajstić information content (AvgIpc) is 2.20. The van der Waals surface area contributed by atoms with Gasteiger partial charge in [0.2, 0.25) is 0 Å². The standard InChI is InChI=1S/C9H8ClN3O/c1-12-9(14)13-8-3-2-6(5-11)4-7(8)10/h2-4H,1H3,(H2,12,13,14). The van der Waals surface area contributed by atoms with Gasteiger partial charge in [0.1, 0.15) is 0 Å². The number of nitrogens with zero attached hydrogens (tertiary/aromatic N) is 1. The van der Waals surface area contributed by atoms with E-state index in [1.54, 1.807) is 12.1 Å². The van der Waals surface area contributed by atoms with Gasteiger partial charge >= 0.3 is 6.03 Å².